The van der Waals surface area contributed by atoms with Gasteiger partial charge in [0.1, 0.15) is 6.10 Å². The number of ether oxygens (including phenoxy) is 1. The minimum absolute atomic E-state index is 0.123. The van der Waals surface area contributed by atoms with Gasteiger partial charge in [0.2, 0.25) is 0 Å². The molecule has 0 radical (unpaired) electrons. The molecule has 1 amide bonds. The Hall–Kier alpha value is -1.55. The number of amides is 1. The Morgan fingerprint density at radius 1 is 1.35 bits per heavy atom. The predicted octanol–water partition coefficient (Wildman–Crippen LogP) is 3.36. The summed E-state index contributed by atoms with van der Waals surface area (Å²) in [5.41, 5.74) is 8.11. The van der Waals surface area contributed by atoms with Crippen LogP contribution in [0.5, 0.6) is 0 Å². The van der Waals surface area contributed by atoms with Crippen molar-refractivity contribution in [2.24, 2.45) is 5.92 Å². The lowest BCUT2D eigenvalue weighted by molar-refractivity contribution is -0.126. The number of nitrogen functional groups attached to an aromatic ring is 1. The van der Waals surface area contributed by atoms with E-state index in [4.69, 9.17) is 10.5 Å². The number of carbonyl (C=O) groups is 1. The third-order valence-electron chi connectivity index (χ3n) is 3.17. The second-order valence-corrected chi connectivity index (χ2v) is 5.61. The van der Waals surface area contributed by atoms with E-state index < -0.39 is 6.10 Å². The summed E-state index contributed by atoms with van der Waals surface area (Å²) in [6, 6.07) is 5.43. The lowest BCUT2D eigenvalue weighted by Crippen LogP contribution is -2.28. The zero-order valence-corrected chi connectivity index (χ0v) is 12.9. The molecule has 0 bridgehead atoms. The minimum Gasteiger partial charge on any atom is -0.399 e. The molecule has 1 aromatic rings. The molecule has 4 nitrogen and oxygen atoms in total. The number of rotatable bonds is 7. The lowest BCUT2D eigenvalue weighted by Gasteiger charge is -2.15. The van der Waals surface area contributed by atoms with Crippen LogP contribution >= 0.6 is 0 Å². The van der Waals surface area contributed by atoms with Gasteiger partial charge >= 0.3 is 0 Å². The van der Waals surface area contributed by atoms with Crippen molar-refractivity contribution in [1.82, 2.24) is 0 Å². The molecule has 0 saturated carbocycles. The first-order valence-electron chi connectivity index (χ1n) is 7.18. The fraction of sp³-hybridized carbons (Fsp3) is 0.562. The van der Waals surface area contributed by atoms with Crippen molar-refractivity contribution in [2.75, 3.05) is 17.7 Å². The summed E-state index contributed by atoms with van der Waals surface area (Å²) < 4.78 is 5.55. The average molecular weight is 278 g/mol. The van der Waals surface area contributed by atoms with Crippen LogP contribution in [0.1, 0.15) is 39.2 Å². The molecule has 4 heteroatoms. The second-order valence-electron chi connectivity index (χ2n) is 5.61. The topological polar surface area (TPSA) is 64.3 Å². The van der Waals surface area contributed by atoms with Gasteiger partial charge in [0, 0.05) is 18.0 Å². The quantitative estimate of drug-likeness (QED) is 0.594. The molecule has 1 unspecified atom stereocenters. The normalized spacial score (nSPS) is 12.4. The Labute approximate surface area is 121 Å². The van der Waals surface area contributed by atoms with Crippen molar-refractivity contribution in [2.45, 2.75) is 46.6 Å². The van der Waals surface area contributed by atoms with E-state index in [2.05, 4.69) is 19.2 Å². The molecule has 3 N–H and O–H groups in total. The molecule has 0 spiro atoms. The number of anilines is 2. The highest BCUT2D eigenvalue weighted by Gasteiger charge is 2.14. The van der Waals surface area contributed by atoms with Crippen molar-refractivity contribution < 1.29 is 9.53 Å². The number of nitrogens with two attached hydrogens (primary N) is 1. The van der Waals surface area contributed by atoms with Gasteiger partial charge in [0.05, 0.1) is 0 Å². The molecule has 0 heterocycles. The summed E-state index contributed by atoms with van der Waals surface area (Å²) >= 11 is 0. The Morgan fingerprint density at radius 2 is 2.05 bits per heavy atom. The fourth-order valence-electron chi connectivity index (χ4n) is 1.89. The predicted molar refractivity (Wildman–Crippen MR) is 83.7 cm³/mol. The highest BCUT2D eigenvalue weighted by molar-refractivity contribution is 5.94. The van der Waals surface area contributed by atoms with Gasteiger partial charge < -0.3 is 15.8 Å². The van der Waals surface area contributed by atoms with Crippen LogP contribution in [0.25, 0.3) is 0 Å². The van der Waals surface area contributed by atoms with Crippen LogP contribution in [0, 0.1) is 12.8 Å². The fourth-order valence-corrected chi connectivity index (χ4v) is 1.89. The van der Waals surface area contributed by atoms with E-state index in [1.165, 1.54) is 0 Å². The largest absolute Gasteiger partial charge is 0.399 e. The van der Waals surface area contributed by atoms with E-state index in [1.54, 1.807) is 13.0 Å². The lowest BCUT2D eigenvalue weighted by atomic mass is 10.1. The summed E-state index contributed by atoms with van der Waals surface area (Å²) in [6.07, 6.45) is 1.65. The first kappa shape index (κ1) is 16.5. The summed E-state index contributed by atoms with van der Waals surface area (Å²) in [6.45, 7) is 8.67. The monoisotopic (exact) mass is 278 g/mol. The van der Waals surface area contributed by atoms with Gasteiger partial charge in [0.25, 0.3) is 5.91 Å². The van der Waals surface area contributed by atoms with Crippen molar-refractivity contribution >= 4 is 17.3 Å². The van der Waals surface area contributed by atoms with Crippen molar-refractivity contribution in [3.8, 4) is 0 Å². The molecular weight excluding hydrogens is 252 g/mol. The third-order valence-corrected chi connectivity index (χ3v) is 3.17. The first-order valence-corrected chi connectivity index (χ1v) is 7.18. The first-order chi connectivity index (χ1) is 9.40. The van der Waals surface area contributed by atoms with Crippen LogP contribution in [-0.4, -0.2) is 18.6 Å². The van der Waals surface area contributed by atoms with E-state index >= 15 is 0 Å². The molecule has 0 fully saturated rings. The average Bonchev–Trinajstić information content (AvgIpc) is 2.37. The van der Waals surface area contributed by atoms with Crippen LogP contribution < -0.4 is 11.1 Å². The van der Waals surface area contributed by atoms with Gasteiger partial charge in [-0.3, -0.25) is 4.79 Å². The summed E-state index contributed by atoms with van der Waals surface area (Å²) in [5.74, 6) is 0.544. The van der Waals surface area contributed by atoms with E-state index in [-0.39, 0.29) is 5.91 Å². The number of benzene rings is 1. The molecule has 0 aromatic heterocycles. The number of aryl methyl sites for hydroxylation is 1. The highest BCUT2D eigenvalue weighted by Crippen LogP contribution is 2.18. The zero-order chi connectivity index (χ0) is 15.1. The van der Waals surface area contributed by atoms with Crippen LogP contribution in [0.2, 0.25) is 0 Å². The maximum Gasteiger partial charge on any atom is 0.253 e. The van der Waals surface area contributed by atoms with Crippen LogP contribution in [-0.2, 0) is 9.53 Å². The Bertz CT molecular complexity index is 444. The van der Waals surface area contributed by atoms with Crippen molar-refractivity contribution in [1.29, 1.82) is 0 Å². The Morgan fingerprint density at radius 3 is 2.65 bits per heavy atom. The molecule has 112 valence electrons. The maximum absolute atomic E-state index is 12.0. The molecule has 0 aliphatic rings. The Kier molecular flexibility index (Phi) is 6.52. The van der Waals surface area contributed by atoms with Crippen LogP contribution in [0.3, 0.4) is 0 Å². The van der Waals surface area contributed by atoms with E-state index in [0.29, 0.717) is 18.2 Å². The molecule has 0 aliphatic heterocycles. The molecule has 1 atom stereocenters. The number of carbonyl (C=O) groups excluding carboxylic acids is 1. The van der Waals surface area contributed by atoms with Crippen molar-refractivity contribution in [3.05, 3.63) is 23.8 Å². The summed E-state index contributed by atoms with van der Waals surface area (Å²) in [7, 11) is 0. The second kappa shape index (κ2) is 7.90. The van der Waals surface area contributed by atoms with E-state index in [0.717, 1.165) is 24.1 Å². The molecule has 20 heavy (non-hydrogen) atoms. The highest BCUT2D eigenvalue weighted by atomic mass is 16.5. The maximum atomic E-state index is 12.0. The number of hydrogen-bond donors (Lipinski definition) is 2. The van der Waals surface area contributed by atoms with E-state index in [9.17, 15) is 4.79 Å². The standard InChI is InChI=1S/C16H26N2O2/c1-11(2)6-5-9-20-13(4)16(19)18-15-8-7-14(17)10-12(15)3/h7-8,10-11,13H,5-6,9,17H2,1-4H3,(H,18,19). The van der Waals surface area contributed by atoms with Gasteiger partial charge in [-0.1, -0.05) is 13.8 Å². The van der Waals surface area contributed by atoms with Gasteiger partial charge in [-0.25, -0.2) is 0 Å². The number of hydrogen-bond acceptors (Lipinski definition) is 3. The molecule has 1 rings (SSSR count). The molecule has 1 aromatic carbocycles. The van der Waals surface area contributed by atoms with Gasteiger partial charge in [-0.05, 0) is 56.4 Å². The SMILES string of the molecule is Cc1cc(N)ccc1NC(=O)C(C)OCCCC(C)C. The van der Waals surface area contributed by atoms with Gasteiger partial charge in [-0.15, -0.1) is 0 Å². The number of nitrogens with one attached hydrogen (secondary N) is 1. The van der Waals surface area contributed by atoms with E-state index in [1.807, 2.05) is 19.1 Å². The van der Waals surface area contributed by atoms with Crippen molar-refractivity contribution in [3.63, 3.8) is 0 Å². The summed E-state index contributed by atoms with van der Waals surface area (Å²) in [4.78, 5) is 12.0. The smallest absolute Gasteiger partial charge is 0.253 e. The summed E-state index contributed by atoms with van der Waals surface area (Å²) in [5, 5.41) is 2.87. The molecule has 0 saturated heterocycles. The molecular formula is C16H26N2O2. The van der Waals surface area contributed by atoms with Gasteiger partial charge in [0.15, 0.2) is 0 Å². The Balaban J connectivity index is 2.41. The van der Waals surface area contributed by atoms with Crippen LogP contribution in [0.15, 0.2) is 18.2 Å². The van der Waals surface area contributed by atoms with Crippen LogP contribution in [0.4, 0.5) is 11.4 Å². The van der Waals surface area contributed by atoms with Gasteiger partial charge in [-0.2, -0.15) is 0 Å². The molecule has 0 aliphatic carbocycles. The third kappa shape index (κ3) is 5.61. The minimum atomic E-state index is -0.445. The zero-order valence-electron chi connectivity index (χ0n) is 12.9.